The van der Waals surface area contributed by atoms with Gasteiger partial charge < -0.3 is 14.2 Å². The molecule has 0 radical (unpaired) electrons. The zero-order valence-corrected chi connectivity index (χ0v) is 28.8. The smallest absolute Gasteiger partial charge is 0.335 e. The molecule has 4 aromatic rings. The molecular formula is C35H29Cl2IN2O6. The van der Waals surface area contributed by atoms with Gasteiger partial charge in [0.15, 0.2) is 11.5 Å². The molecule has 236 valence electrons. The van der Waals surface area contributed by atoms with Crippen molar-refractivity contribution < 1.29 is 28.6 Å². The van der Waals surface area contributed by atoms with E-state index in [1.54, 1.807) is 54.6 Å². The molecule has 1 heterocycles. The quantitative estimate of drug-likeness (QED) is 0.0989. The molecule has 8 nitrogen and oxygen atoms in total. The Labute approximate surface area is 290 Å². The minimum atomic E-state index is -0.853. The lowest BCUT2D eigenvalue weighted by atomic mass is 10.1. The third-order valence-electron chi connectivity index (χ3n) is 7.20. The van der Waals surface area contributed by atoms with Gasteiger partial charge in [-0.3, -0.25) is 14.9 Å². The number of carbonyl (C=O) groups is 3. The summed E-state index contributed by atoms with van der Waals surface area (Å²) in [5.41, 5.74) is 4.73. The fourth-order valence-electron chi connectivity index (χ4n) is 4.67. The number of ether oxygens (including phenoxy) is 3. The highest BCUT2D eigenvalue weighted by atomic mass is 127. The van der Waals surface area contributed by atoms with Crippen LogP contribution in [0.5, 0.6) is 17.2 Å². The molecule has 0 spiro atoms. The van der Waals surface area contributed by atoms with Crippen molar-refractivity contribution >= 4 is 75.4 Å². The van der Waals surface area contributed by atoms with E-state index in [9.17, 15) is 14.4 Å². The van der Waals surface area contributed by atoms with Crippen LogP contribution in [0.15, 0.2) is 78.4 Å². The summed E-state index contributed by atoms with van der Waals surface area (Å²) < 4.78 is 18.6. The van der Waals surface area contributed by atoms with E-state index in [0.29, 0.717) is 46.1 Å². The standard InChI is InChI=1S/C35H29Cl2IN2O6/c1-4-44-31-16-23(15-30(38)32(31)46-18-22-6-5-20(2)21(3)13-22)14-28-33(41)39-35(43)40(34(28)42)26-9-11-27(12-10-26)45-19-24-7-8-25(36)17-29(24)37/h5-17H,4,18-19H2,1-3H3,(H,39,41,43)/b28-14+. The van der Waals surface area contributed by atoms with Crippen molar-refractivity contribution in [1.82, 2.24) is 5.32 Å². The third-order valence-corrected chi connectivity index (χ3v) is 8.59. The minimum Gasteiger partial charge on any atom is -0.490 e. The van der Waals surface area contributed by atoms with Crippen molar-refractivity contribution in [2.45, 2.75) is 34.0 Å². The largest absolute Gasteiger partial charge is 0.490 e. The first-order valence-electron chi connectivity index (χ1n) is 14.3. The highest BCUT2D eigenvalue weighted by Gasteiger charge is 2.37. The van der Waals surface area contributed by atoms with E-state index in [1.165, 1.54) is 17.2 Å². The lowest BCUT2D eigenvalue weighted by Gasteiger charge is -2.26. The first kappa shape index (κ1) is 33.3. The number of aryl methyl sites for hydroxylation is 2. The number of hydrogen-bond acceptors (Lipinski definition) is 6. The van der Waals surface area contributed by atoms with Crippen LogP contribution in [0.1, 0.15) is 34.7 Å². The second-order valence-corrected chi connectivity index (χ2v) is 12.5. The van der Waals surface area contributed by atoms with Gasteiger partial charge in [0.25, 0.3) is 11.8 Å². The number of carbonyl (C=O) groups excluding carboxylic acids is 3. The summed E-state index contributed by atoms with van der Waals surface area (Å²) in [6.07, 6.45) is 1.43. The number of nitrogens with zero attached hydrogens (tertiary/aromatic N) is 1. The summed E-state index contributed by atoms with van der Waals surface area (Å²) in [5.74, 6) is -0.0475. The Morgan fingerprint density at radius 2 is 1.61 bits per heavy atom. The summed E-state index contributed by atoms with van der Waals surface area (Å²) in [7, 11) is 0. The van der Waals surface area contributed by atoms with Gasteiger partial charge in [-0.25, -0.2) is 9.69 Å². The molecule has 0 atom stereocenters. The van der Waals surface area contributed by atoms with Gasteiger partial charge in [0.05, 0.1) is 15.9 Å². The lowest BCUT2D eigenvalue weighted by molar-refractivity contribution is -0.122. The first-order chi connectivity index (χ1) is 22.0. The van der Waals surface area contributed by atoms with Crippen molar-refractivity contribution in [3.05, 3.63) is 120 Å². The summed E-state index contributed by atoms with van der Waals surface area (Å²) in [6, 6.07) is 20.3. The van der Waals surface area contributed by atoms with Crippen molar-refractivity contribution in [2.24, 2.45) is 0 Å². The molecule has 1 N–H and O–H groups in total. The number of imide groups is 2. The van der Waals surface area contributed by atoms with Gasteiger partial charge in [0, 0.05) is 15.6 Å². The molecule has 0 aliphatic carbocycles. The Kier molecular flexibility index (Phi) is 10.6. The number of barbiturate groups is 1. The number of nitrogens with one attached hydrogen (secondary N) is 1. The number of urea groups is 1. The maximum Gasteiger partial charge on any atom is 0.335 e. The monoisotopic (exact) mass is 770 g/mol. The molecule has 0 saturated carbocycles. The van der Waals surface area contributed by atoms with Crippen LogP contribution in [0.2, 0.25) is 10.0 Å². The average Bonchev–Trinajstić information content (AvgIpc) is 3.01. The van der Waals surface area contributed by atoms with Gasteiger partial charge in [-0.15, -0.1) is 0 Å². The van der Waals surface area contributed by atoms with Crippen LogP contribution >= 0.6 is 45.8 Å². The van der Waals surface area contributed by atoms with Gasteiger partial charge in [-0.2, -0.15) is 0 Å². The highest BCUT2D eigenvalue weighted by molar-refractivity contribution is 14.1. The Morgan fingerprint density at radius 3 is 2.30 bits per heavy atom. The Balaban J connectivity index is 1.35. The molecule has 0 unspecified atom stereocenters. The molecule has 1 saturated heterocycles. The zero-order chi connectivity index (χ0) is 33.0. The van der Waals surface area contributed by atoms with E-state index in [0.717, 1.165) is 19.6 Å². The number of hydrogen-bond donors (Lipinski definition) is 1. The van der Waals surface area contributed by atoms with Gasteiger partial charge in [0.1, 0.15) is 24.5 Å². The number of halogens is 3. The Bertz CT molecular complexity index is 1860. The molecule has 5 rings (SSSR count). The molecule has 1 fully saturated rings. The lowest BCUT2D eigenvalue weighted by Crippen LogP contribution is -2.54. The topological polar surface area (TPSA) is 94.2 Å². The molecule has 1 aliphatic rings. The molecule has 0 aromatic heterocycles. The van der Waals surface area contributed by atoms with Crippen LogP contribution in [0.4, 0.5) is 10.5 Å². The molecule has 0 bridgehead atoms. The van der Waals surface area contributed by atoms with Gasteiger partial charge in [0.2, 0.25) is 0 Å². The highest BCUT2D eigenvalue weighted by Crippen LogP contribution is 2.36. The van der Waals surface area contributed by atoms with Gasteiger partial charge in [-0.05, 0) is 120 Å². The van der Waals surface area contributed by atoms with Gasteiger partial charge in [-0.1, -0.05) is 47.5 Å². The predicted octanol–water partition coefficient (Wildman–Crippen LogP) is 8.44. The van der Waals surface area contributed by atoms with E-state index in [-0.39, 0.29) is 17.9 Å². The second kappa shape index (κ2) is 14.6. The van der Waals surface area contributed by atoms with Crippen LogP contribution in [0.25, 0.3) is 6.08 Å². The predicted molar refractivity (Wildman–Crippen MR) is 187 cm³/mol. The van der Waals surface area contributed by atoms with Crippen LogP contribution in [-0.2, 0) is 22.8 Å². The summed E-state index contributed by atoms with van der Waals surface area (Å²) in [6.45, 7) is 6.88. The molecular weight excluding hydrogens is 742 g/mol. The summed E-state index contributed by atoms with van der Waals surface area (Å²) in [4.78, 5) is 40.1. The normalized spacial score (nSPS) is 14.0. The van der Waals surface area contributed by atoms with Crippen LogP contribution < -0.4 is 24.4 Å². The van der Waals surface area contributed by atoms with E-state index in [2.05, 4.69) is 53.9 Å². The molecule has 11 heteroatoms. The van der Waals surface area contributed by atoms with Crippen LogP contribution in [0.3, 0.4) is 0 Å². The van der Waals surface area contributed by atoms with E-state index in [1.807, 2.05) is 13.0 Å². The maximum absolute atomic E-state index is 13.5. The number of amides is 4. The van der Waals surface area contributed by atoms with Gasteiger partial charge >= 0.3 is 6.03 Å². The molecule has 1 aliphatic heterocycles. The van der Waals surface area contributed by atoms with Crippen molar-refractivity contribution in [1.29, 1.82) is 0 Å². The molecule has 4 aromatic carbocycles. The number of rotatable bonds is 10. The minimum absolute atomic E-state index is 0.192. The maximum atomic E-state index is 13.5. The van der Waals surface area contributed by atoms with Crippen LogP contribution in [-0.4, -0.2) is 24.5 Å². The third kappa shape index (κ3) is 7.66. The SMILES string of the molecule is CCOc1cc(/C=C2\C(=O)NC(=O)N(c3ccc(OCc4ccc(Cl)cc4Cl)cc3)C2=O)cc(I)c1OCc1ccc(C)c(C)c1. The molecule has 4 amide bonds. The zero-order valence-electron chi connectivity index (χ0n) is 25.2. The second-order valence-electron chi connectivity index (χ2n) is 10.4. The number of anilines is 1. The van der Waals surface area contributed by atoms with E-state index >= 15 is 0 Å². The Hall–Kier alpha value is -4.06. The van der Waals surface area contributed by atoms with E-state index in [4.69, 9.17) is 37.4 Å². The first-order valence-corrected chi connectivity index (χ1v) is 16.1. The van der Waals surface area contributed by atoms with Crippen molar-refractivity contribution in [3.63, 3.8) is 0 Å². The Morgan fingerprint density at radius 1 is 0.848 bits per heavy atom. The summed E-state index contributed by atoms with van der Waals surface area (Å²) in [5, 5.41) is 3.26. The fraction of sp³-hybridized carbons (Fsp3) is 0.171. The van der Waals surface area contributed by atoms with E-state index < -0.39 is 17.8 Å². The summed E-state index contributed by atoms with van der Waals surface area (Å²) >= 11 is 14.3. The number of benzene rings is 4. The fourth-order valence-corrected chi connectivity index (χ4v) is 5.92. The van der Waals surface area contributed by atoms with Crippen LogP contribution in [0, 0.1) is 17.4 Å². The average molecular weight is 771 g/mol. The van der Waals surface area contributed by atoms with Crippen molar-refractivity contribution in [3.8, 4) is 17.2 Å². The van der Waals surface area contributed by atoms with Crippen molar-refractivity contribution in [2.75, 3.05) is 11.5 Å². The molecule has 46 heavy (non-hydrogen) atoms.